The Labute approximate surface area is 168 Å². The second-order valence-corrected chi connectivity index (χ2v) is 7.47. The number of rotatable bonds is 23. The largest absolute Gasteiger partial charge is 0.394 e. The molecule has 0 radical (unpaired) electrons. The van der Waals surface area contributed by atoms with Crippen LogP contribution in [0, 0.1) is 0 Å². The molecular formula is C22H47NO4. The zero-order valence-corrected chi connectivity index (χ0v) is 18.0. The summed E-state index contributed by atoms with van der Waals surface area (Å²) in [6.45, 7) is 3.35. The van der Waals surface area contributed by atoms with Crippen molar-refractivity contribution in [1.82, 2.24) is 5.23 Å². The highest BCUT2D eigenvalue weighted by atomic mass is 16.9. The van der Waals surface area contributed by atoms with Crippen LogP contribution in [0.4, 0.5) is 0 Å². The highest BCUT2D eigenvalue weighted by Crippen LogP contribution is 2.13. The molecule has 0 aromatic carbocycles. The molecule has 0 bridgehead atoms. The number of hydroxylamine groups is 2. The van der Waals surface area contributed by atoms with Gasteiger partial charge in [-0.1, -0.05) is 108 Å². The van der Waals surface area contributed by atoms with Gasteiger partial charge in [0.05, 0.1) is 33.0 Å². The van der Waals surface area contributed by atoms with Crippen LogP contribution in [-0.4, -0.2) is 48.4 Å². The van der Waals surface area contributed by atoms with Crippen LogP contribution in [0.3, 0.4) is 0 Å². The molecule has 0 aliphatic carbocycles. The zero-order chi connectivity index (χ0) is 19.8. The van der Waals surface area contributed by atoms with Crippen molar-refractivity contribution in [3.63, 3.8) is 0 Å². The molecule has 2 N–H and O–H groups in total. The van der Waals surface area contributed by atoms with Crippen LogP contribution in [-0.2, 0) is 9.68 Å². The van der Waals surface area contributed by atoms with Crippen LogP contribution >= 0.6 is 0 Å². The summed E-state index contributed by atoms with van der Waals surface area (Å²) in [6, 6.07) is 0. The Hall–Kier alpha value is -0.200. The summed E-state index contributed by atoms with van der Waals surface area (Å²) in [5.41, 5.74) is 0. The fourth-order valence-corrected chi connectivity index (χ4v) is 3.24. The van der Waals surface area contributed by atoms with Gasteiger partial charge in [0.15, 0.2) is 0 Å². The number of nitrogens with zero attached hydrogens (tertiary/aromatic N) is 1. The highest BCUT2D eigenvalue weighted by Gasteiger charge is 2.05. The van der Waals surface area contributed by atoms with Crippen LogP contribution in [0.1, 0.15) is 110 Å². The molecular weight excluding hydrogens is 342 g/mol. The third-order valence-corrected chi connectivity index (χ3v) is 4.85. The minimum absolute atomic E-state index is 0.0298. The average molecular weight is 390 g/mol. The van der Waals surface area contributed by atoms with E-state index in [4.69, 9.17) is 19.9 Å². The van der Waals surface area contributed by atoms with Crippen LogP contribution in [0.2, 0.25) is 0 Å². The predicted octanol–water partition coefficient (Wildman–Crippen LogP) is 5.40. The van der Waals surface area contributed by atoms with Crippen LogP contribution in [0.5, 0.6) is 0 Å². The van der Waals surface area contributed by atoms with Gasteiger partial charge in [-0.3, -0.25) is 9.68 Å². The third kappa shape index (κ3) is 22.0. The summed E-state index contributed by atoms with van der Waals surface area (Å²) in [5, 5.41) is 19.0. The van der Waals surface area contributed by atoms with E-state index in [2.05, 4.69) is 6.92 Å². The first-order valence-corrected chi connectivity index (χ1v) is 11.6. The molecule has 0 spiro atoms. The van der Waals surface area contributed by atoms with E-state index in [1.54, 1.807) is 0 Å². The summed E-state index contributed by atoms with van der Waals surface area (Å²) < 4.78 is 0. The van der Waals surface area contributed by atoms with Crippen molar-refractivity contribution in [3.05, 3.63) is 0 Å². The first kappa shape index (κ1) is 26.8. The van der Waals surface area contributed by atoms with Gasteiger partial charge < -0.3 is 10.2 Å². The van der Waals surface area contributed by atoms with Crippen molar-refractivity contribution in [3.8, 4) is 0 Å². The van der Waals surface area contributed by atoms with E-state index >= 15 is 0 Å². The monoisotopic (exact) mass is 389 g/mol. The van der Waals surface area contributed by atoms with E-state index in [9.17, 15) is 0 Å². The van der Waals surface area contributed by atoms with Crippen molar-refractivity contribution in [2.75, 3.05) is 33.0 Å². The van der Waals surface area contributed by atoms with Crippen molar-refractivity contribution in [1.29, 1.82) is 0 Å². The van der Waals surface area contributed by atoms with Gasteiger partial charge in [-0.05, 0) is 6.42 Å². The maximum Gasteiger partial charge on any atom is 0.0942 e. The van der Waals surface area contributed by atoms with E-state index in [0.29, 0.717) is 6.54 Å². The molecule has 0 rings (SSSR count). The molecule has 0 atom stereocenters. The average Bonchev–Trinajstić information content (AvgIpc) is 2.69. The van der Waals surface area contributed by atoms with Gasteiger partial charge in [0, 0.05) is 0 Å². The molecule has 164 valence electrons. The summed E-state index contributed by atoms with van der Waals surface area (Å²) in [4.78, 5) is 10.5. The van der Waals surface area contributed by atoms with E-state index in [-0.39, 0.29) is 26.4 Å². The number of aliphatic hydroxyl groups is 2. The minimum atomic E-state index is -0.0298. The molecule has 5 heteroatoms. The number of hydrogen-bond donors (Lipinski definition) is 2. The predicted molar refractivity (Wildman–Crippen MR) is 112 cm³/mol. The molecule has 0 amide bonds. The first-order valence-electron chi connectivity index (χ1n) is 11.6. The van der Waals surface area contributed by atoms with E-state index in [1.807, 2.05) is 0 Å². The van der Waals surface area contributed by atoms with Gasteiger partial charge in [0.25, 0.3) is 0 Å². The molecule has 0 aromatic heterocycles. The maximum atomic E-state index is 8.80. The molecule has 0 aliphatic rings. The van der Waals surface area contributed by atoms with Gasteiger partial charge in [-0.25, -0.2) is 0 Å². The van der Waals surface area contributed by atoms with Crippen molar-refractivity contribution in [2.24, 2.45) is 0 Å². The number of hydrogen-bond acceptors (Lipinski definition) is 5. The van der Waals surface area contributed by atoms with Crippen molar-refractivity contribution < 1.29 is 19.9 Å². The lowest BCUT2D eigenvalue weighted by Gasteiger charge is -2.20. The Kier molecular flexibility index (Phi) is 23.7. The Balaban J connectivity index is 3.24. The Bertz CT molecular complexity index is 259. The summed E-state index contributed by atoms with van der Waals surface area (Å²) in [6.07, 6.45) is 21.6. The smallest absolute Gasteiger partial charge is 0.0942 e. The first-order chi connectivity index (χ1) is 13.3. The summed E-state index contributed by atoms with van der Waals surface area (Å²) in [5.74, 6) is 0. The highest BCUT2D eigenvalue weighted by molar-refractivity contribution is 4.50. The topological polar surface area (TPSA) is 62.2 Å². The van der Waals surface area contributed by atoms with Crippen LogP contribution in [0.15, 0.2) is 0 Å². The minimum Gasteiger partial charge on any atom is -0.394 e. The lowest BCUT2D eigenvalue weighted by molar-refractivity contribution is -0.371. The Morgan fingerprint density at radius 1 is 0.519 bits per heavy atom. The van der Waals surface area contributed by atoms with Crippen LogP contribution < -0.4 is 0 Å². The quantitative estimate of drug-likeness (QED) is 0.181. The number of unbranched alkanes of at least 4 members (excludes halogenated alkanes) is 15. The normalized spacial score (nSPS) is 11.6. The molecule has 0 fully saturated rings. The van der Waals surface area contributed by atoms with Gasteiger partial charge in [-0.15, -0.1) is 0 Å². The van der Waals surface area contributed by atoms with Gasteiger partial charge in [-0.2, -0.15) is 0 Å². The summed E-state index contributed by atoms with van der Waals surface area (Å²) >= 11 is 0. The molecule has 0 unspecified atom stereocenters. The van der Waals surface area contributed by atoms with Gasteiger partial charge in [0.2, 0.25) is 0 Å². The lowest BCUT2D eigenvalue weighted by atomic mass is 10.0. The maximum absolute atomic E-state index is 8.80. The third-order valence-electron chi connectivity index (χ3n) is 4.85. The van der Waals surface area contributed by atoms with E-state index in [1.165, 1.54) is 102 Å². The lowest BCUT2D eigenvalue weighted by Crippen LogP contribution is -2.28. The Morgan fingerprint density at radius 3 is 1.19 bits per heavy atom. The van der Waals surface area contributed by atoms with E-state index in [0.717, 1.165) is 6.42 Å². The summed E-state index contributed by atoms with van der Waals surface area (Å²) in [7, 11) is 0. The van der Waals surface area contributed by atoms with Gasteiger partial charge >= 0.3 is 0 Å². The fourth-order valence-electron chi connectivity index (χ4n) is 3.24. The Morgan fingerprint density at radius 2 is 0.852 bits per heavy atom. The van der Waals surface area contributed by atoms with Crippen molar-refractivity contribution in [2.45, 2.75) is 110 Å². The molecule has 0 saturated heterocycles. The number of aliphatic hydroxyl groups excluding tert-OH is 2. The van der Waals surface area contributed by atoms with E-state index < -0.39 is 0 Å². The SMILES string of the molecule is CCCCCCCCCCCCCCCCCCN(OCCO)OCCO. The molecule has 0 heterocycles. The molecule has 5 nitrogen and oxygen atoms in total. The molecule has 0 aliphatic heterocycles. The fraction of sp³-hybridized carbons (Fsp3) is 1.00. The van der Waals surface area contributed by atoms with Gasteiger partial charge in [0.1, 0.15) is 0 Å². The van der Waals surface area contributed by atoms with Crippen LogP contribution in [0.25, 0.3) is 0 Å². The standard InChI is InChI=1S/C22H47NO4/c1-2-3-4-5-6-7-8-9-10-11-12-13-14-15-16-17-18-23(26-21-19-24)27-22-20-25/h24-25H,2-22H2,1H3. The second-order valence-electron chi connectivity index (χ2n) is 7.47. The molecule has 27 heavy (non-hydrogen) atoms. The van der Waals surface area contributed by atoms with Crippen molar-refractivity contribution >= 4 is 0 Å². The molecule has 0 saturated carbocycles. The molecule has 0 aromatic rings. The second kappa shape index (κ2) is 23.8. The zero-order valence-electron chi connectivity index (χ0n) is 18.0.